The Balaban J connectivity index is 1.90. The minimum absolute atomic E-state index is 0.0955. The van der Waals surface area contributed by atoms with Gasteiger partial charge in [-0.2, -0.15) is 0 Å². The number of Topliss-reactive ketones (excluding diaryl/α,β-unsaturated/α-hetero) is 1. The maximum Gasteiger partial charge on any atom is 0.295 e. The molecule has 1 saturated heterocycles. The molecule has 5 nitrogen and oxygen atoms in total. The number of ketones is 1. The number of benzene rings is 2. The molecule has 1 aliphatic heterocycles. The van der Waals surface area contributed by atoms with Crippen molar-refractivity contribution in [1.29, 1.82) is 0 Å². The third-order valence-electron chi connectivity index (χ3n) is 6.32. The molecular weight excluding hydrogens is 448 g/mol. The van der Waals surface area contributed by atoms with E-state index >= 15 is 0 Å². The molecule has 0 spiro atoms. The molecule has 0 radical (unpaired) electrons. The van der Waals surface area contributed by atoms with Gasteiger partial charge in [-0.25, -0.2) is 0 Å². The summed E-state index contributed by atoms with van der Waals surface area (Å²) in [7, 11) is 0. The molecular formula is C28H35ClN2O3. The SMILES string of the molecule is CCCCN(CCCC)CCCN1C(=O)C(=O)C(=C(O)c2ccccc2)[C@@H]1c1ccccc1Cl. The highest BCUT2D eigenvalue weighted by Gasteiger charge is 2.46. The summed E-state index contributed by atoms with van der Waals surface area (Å²) >= 11 is 6.52. The summed E-state index contributed by atoms with van der Waals surface area (Å²) in [6, 6.07) is 15.4. The Labute approximate surface area is 208 Å². The molecule has 0 aromatic heterocycles. The van der Waals surface area contributed by atoms with E-state index in [9.17, 15) is 14.7 Å². The van der Waals surface area contributed by atoms with E-state index in [-0.39, 0.29) is 11.3 Å². The number of hydrogen-bond acceptors (Lipinski definition) is 4. The van der Waals surface area contributed by atoms with Crippen LogP contribution in [-0.2, 0) is 9.59 Å². The molecule has 2 aromatic rings. The van der Waals surface area contributed by atoms with Gasteiger partial charge in [-0.3, -0.25) is 9.59 Å². The Morgan fingerprint density at radius 1 is 0.912 bits per heavy atom. The van der Waals surface area contributed by atoms with E-state index in [2.05, 4.69) is 18.7 Å². The lowest BCUT2D eigenvalue weighted by Gasteiger charge is -2.28. The van der Waals surface area contributed by atoms with Crippen LogP contribution < -0.4 is 0 Å². The lowest BCUT2D eigenvalue weighted by molar-refractivity contribution is -0.140. The molecule has 1 atom stereocenters. The maximum atomic E-state index is 13.1. The van der Waals surface area contributed by atoms with Crippen molar-refractivity contribution >= 4 is 29.1 Å². The molecule has 1 heterocycles. The Bertz CT molecular complexity index is 998. The molecule has 1 aliphatic rings. The van der Waals surface area contributed by atoms with Crippen LogP contribution in [0.25, 0.3) is 5.76 Å². The van der Waals surface area contributed by atoms with Crippen LogP contribution in [-0.4, -0.2) is 52.8 Å². The highest BCUT2D eigenvalue weighted by Crippen LogP contribution is 2.41. The first kappa shape index (κ1) is 26.0. The largest absolute Gasteiger partial charge is 0.507 e. The molecule has 0 unspecified atom stereocenters. The molecule has 6 heteroatoms. The number of likely N-dealkylation sites (tertiary alicyclic amines) is 1. The summed E-state index contributed by atoms with van der Waals surface area (Å²) in [5, 5.41) is 11.5. The summed E-state index contributed by atoms with van der Waals surface area (Å²) in [5.41, 5.74) is 1.25. The van der Waals surface area contributed by atoms with E-state index in [1.807, 2.05) is 24.3 Å². The Kier molecular flexibility index (Phi) is 9.73. The zero-order chi connectivity index (χ0) is 24.5. The summed E-state index contributed by atoms with van der Waals surface area (Å²) in [4.78, 5) is 30.3. The topological polar surface area (TPSA) is 60.9 Å². The molecule has 3 rings (SSSR count). The first-order valence-corrected chi connectivity index (χ1v) is 12.7. The van der Waals surface area contributed by atoms with Crippen LogP contribution in [0.1, 0.15) is 63.1 Å². The van der Waals surface area contributed by atoms with E-state index in [1.165, 1.54) is 0 Å². The molecule has 0 saturated carbocycles. The first-order valence-electron chi connectivity index (χ1n) is 12.3. The van der Waals surface area contributed by atoms with Gasteiger partial charge in [0.2, 0.25) is 0 Å². The molecule has 0 bridgehead atoms. The molecule has 34 heavy (non-hydrogen) atoms. The van der Waals surface area contributed by atoms with Gasteiger partial charge in [0.1, 0.15) is 5.76 Å². The van der Waals surface area contributed by atoms with Crippen LogP contribution in [0.4, 0.5) is 0 Å². The third kappa shape index (κ3) is 6.08. The number of aliphatic hydroxyl groups is 1. The molecule has 0 aliphatic carbocycles. The minimum atomic E-state index is -0.714. The zero-order valence-corrected chi connectivity index (χ0v) is 20.9. The predicted octanol–water partition coefficient (Wildman–Crippen LogP) is 6.05. The van der Waals surface area contributed by atoms with Crippen molar-refractivity contribution in [2.75, 3.05) is 26.2 Å². The van der Waals surface area contributed by atoms with Crippen molar-refractivity contribution < 1.29 is 14.7 Å². The zero-order valence-electron chi connectivity index (χ0n) is 20.2. The summed E-state index contributed by atoms with van der Waals surface area (Å²) in [5.74, 6) is -1.42. The van der Waals surface area contributed by atoms with Gasteiger partial charge in [-0.15, -0.1) is 0 Å². The number of carbonyl (C=O) groups is 2. The second-order valence-corrected chi connectivity index (χ2v) is 9.19. The minimum Gasteiger partial charge on any atom is -0.507 e. The molecule has 182 valence electrons. The van der Waals surface area contributed by atoms with Crippen LogP contribution in [0, 0.1) is 0 Å². The van der Waals surface area contributed by atoms with Crippen molar-refractivity contribution in [2.24, 2.45) is 0 Å². The van der Waals surface area contributed by atoms with Crippen LogP contribution in [0.15, 0.2) is 60.2 Å². The fourth-order valence-electron chi connectivity index (χ4n) is 4.45. The van der Waals surface area contributed by atoms with E-state index in [1.54, 1.807) is 35.2 Å². The average Bonchev–Trinajstić information content (AvgIpc) is 3.10. The number of carbonyl (C=O) groups excluding carboxylic acids is 2. The van der Waals surface area contributed by atoms with E-state index in [0.29, 0.717) is 22.7 Å². The first-order chi connectivity index (χ1) is 16.5. The lowest BCUT2D eigenvalue weighted by atomic mass is 9.95. The van der Waals surface area contributed by atoms with Gasteiger partial charge >= 0.3 is 0 Å². The Hall–Kier alpha value is -2.63. The fourth-order valence-corrected chi connectivity index (χ4v) is 4.68. The van der Waals surface area contributed by atoms with Gasteiger partial charge in [0.15, 0.2) is 0 Å². The van der Waals surface area contributed by atoms with Gasteiger partial charge in [0.25, 0.3) is 11.7 Å². The van der Waals surface area contributed by atoms with Crippen molar-refractivity contribution in [3.63, 3.8) is 0 Å². The van der Waals surface area contributed by atoms with Gasteiger partial charge in [-0.05, 0) is 50.5 Å². The van der Waals surface area contributed by atoms with Crippen molar-refractivity contribution in [3.05, 3.63) is 76.3 Å². The quantitative estimate of drug-likeness (QED) is 0.227. The number of aliphatic hydroxyl groups excluding tert-OH is 1. The standard InChI is InChI=1S/C28H35ClN2O3/c1-3-5-17-30(18-6-4-2)19-12-20-31-25(22-15-10-11-16-23(22)29)24(27(33)28(31)34)26(32)21-13-8-7-9-14-21/h7-11,13-16,25,32H,3-6,12,17-20H2,1-2H3/t25-/m0/s1. The lowest BCUT2D eigenvalue weighted by Crippen LogP contribution is -2.34. The van der Waals surface area contributed by atoms with E-state index in [4.69, 9.17) is 11.6 Å². The van der Waals surface area contributed by atoms with E-state index in [0.717, 1.165) is 51.7 Å². The summed E-state index contributed by atoms with van der Waals surface area (Å²) in [6.45, 7) is 7.73. The van der Waals surface area contributed by atoms with Gasteiger partial charge in [0, 0.05) is 17.1 Å². The van der Waals surface area contributed by atoms with Crippen LogP contribution in [0.3, 0.4) is 0 Å². The molecule has 2 aromatic carbocycles. The summed E-state index contributed by atoms with van der Waals surface area (Å²) < 4.78 is 0. The fraction of sp³-hybridized carbons (Fsp3) is 0.429. The highest BCUT2D eigenvalue weighted by atomic mass is 35.5. The number of rotatable bonds is 12. The number of nitrogens with zero attached hydrogens (tertiary/aromatic N) is 2. The maximum absolute atomic E-state index is 13.1. The van der Waals surface area contributed by atoms with Gasteiger partial charge in [-0.1, -0.05) is 86.8 Å². The van der Waals surface area contributed by atoms with Crippen LogP contribution in [0.2, 0.25) is 5.02 Å². The normalized spacial score (nSPS) is 17.6. The highest BCUT2D eigenvalue weighted by molar-refractivity contribution is 6.47. The molecule has 1 fully saturated rings. The van der Waals surface area contributed by atoms with Crippen LogP contribution in [0.5, 0.6) is 0 Å². The third-order valence-corrected chi connectivity index (χ3v) is 6.66. The molecule has 1 N–H and O–H groups in total. The van der Waals surface area contributed by atoms with Crippen LogP contribution >= 0.6 is 11.6 Å². The Morgan fingerprint density at radius 3 is 2.12 bits per heavy atom. The number of hydrogen-bond donors (Lipinski definition) is 1. The second-order valence-electron chi connectivity index (χ2n) is 8.78. The molecule has 1 amide bonds. The van der Waals surface area contributed by atoms with E-state index < -0.39 is 17.7 Å². The number of unbranched alkanes of at least 4 members (excludes halogenated alkanes) is 2. The monoisotopic (exact) mass is 482 g/mol. The number of amides is 1. The van der Waals surface area contributed by atoms with Gasteiger partial charge in [0.05, 0.1) is 11.6 Å². The predicted molar refractivity (Wildman–Crippen MR) is 138 cm³/mol. The van der Waals surface area contributed by atoms with Crippen molar-refractivity contribution in [1.82, 2.24) is 9.80 Å². The average molecular weight is 483 g/mol. The smallest absolute Gasteiger partial charge is 0.295 e. The number of halogens is 1. The van der Waals surface area contributed by atoms with Crippen molar-refractivity contribution in [2.45, 2.75) is 52.0 Å². The van der Waals surface area contributed by atoms with Gasteiger partial charge < -0.3 is 14.9 Å². The summed E-state index contributed by atoms with van der Waals surface area (Å²) in [6.07, 6.45) is 5.31. The van der Waals surface area contributed by atoms with Crippen molar-refractivity contribution in [3.8, 4) is 0 Å². The second kappa shape index (κ2) is 12.7. The Morgan fingerprint density at radius 2 is 1.50 bits per heavy atom.